The molecular weight excluding hydrogens is 182 g/mol. The first-order valence-corrected chi connectivity index (χ1v) is 4.11. The molecule has 2 aromatic rings. The van der Waals surface area contributed by atoms with Crippen molar-refractivity contribution in [1.29, 1.82) is 0 Å². The molecule has 0 radical (unpaired) electrons. The van der Waals surface area contributed by atoms with Gasteiger partial charge < -0.3 is 15.5 Å². The predicted molar refractivity (Wildman–Crippen MR) is 51.7 cm³/mol. The van der Waals surface area contributed by atoms with Crippen LogP contribution < -0.4 is 11.1 Å². The number of primary amides is 1. The number of nitrogens with one attached hydrogen (secondary N) is 1. The van der Waals surface area contributed by atoms with Gasteiger partial charge in [0.25, 0.3) is 0 Å². The van der Waals surface area contributed by atoms with Crippen LogP contribution in [0, 0.1) is 0 Å². The number of benzene rings is 1. The Bertz CT molecular complexity index is 464. The van der Waals surface area contributed by atoms with Crippen molar-refractivity contribution in [2.24, 2.45) is 5.73 Å². The van der Waals surface area contributed by atoms with E-state index in [9.17, 15) is 4.79 Å². The molecule has 0 atom stereocenters. The van der Waals surface area contributed by atoms with Gasteiger partial charge in [-0.1, -0.05) is 0 Å². The molecule has 1 aromatic carbocycles. The second kappa shape index (κ2) is 3.37. The first-order valence-electron chi connectivity index (χ1n) is 4.11. The summed E-state index contributed by atoms with van der Waals surface area (Å²) in [5.41, 5.74) is 7.25. The Morgan fingerprint density at radius 1 is 1.57 bits per heavy atom. The smallest absolute Gasteiger partial charge is 0.236 e. The van der Waals surface area contributed by atoms with Crippen molar-refractivity contribution in [2.75, 3.05) is 11.9 Å². The lowest BCUT2D eigenvalue weighted by molar-refractivity contribution is -0.116. The summed E-state index contributed by atoms with van der Waals surface area (Å²) < 4.78 is 5.10. The molecule has 3 N–H and O–H groups in total. The van der Waals surface area contributed by atoms with Crippen LogP contribution in [0.1, 0.15) is 0 Å². The molecule has 0 fully saturated rings. The summed E-state index contributed by atoms with van der Waals surface area (Å²) in [6.07, 6.45) is 1.38. The van der Waals surface area contributed by atoms with Crippen molar-refractivity contribution in [2.45, 2.75) is 0 Å². The second-order valence-electron chi connectivity index (χ2n) is 2.85. The van der Waals surface area contributed by atoms with E-state index in [4.69, 9.17) is 10.2 Å². The Labute approximate surface area is 79.9 Å². The van der Waals surface area contributed by atoms with Crippen LogP contribution in [-0.4, -0.2) is 17.4 Å². The van der Waals surface area contributed by atoms with Gasteiger partial charge in [0.15, 0.2) is 12.0 Å². The number of hydrogen-bond acceptors (Lipinski definition) is 4. The van der Waals surface area contributed by atoms with E-state index in [2.05, 4.69) is 10.3 Å². The third-order valence-corrected chi connectivity index (χ3v) is 1.80. The molecule has 5 nitrogen and oxygen atoms in total. The molecule has 1 heterocycles. The number of nitrogens with zero attached hydrogens (tertiary/aromatic N) is 1. The van der Waals surface area contributed by atoms with Gasteiger partial charge in [-0.05, 0) is 12.1 Å². The third kappa shape index (κ3) is 1.66. The van der Waals surface area contributed by atoms with Crippen LogP contribution in [0.25, 0.3) is 11.1 Å². The first kappa shape index (κ1) is 8.55. The number of fused-ring (bicyclic) bond motifs is 1. The van der Waals surface area contributed by atoms with Crippen molar-refractivity contribution >= 4 is 22.7 Å². The van der Waals surface area contributed by atoms with Gasteiger partial charge in [-0.3, -0.25) is 4.79 Å². The zero-order chi connectivity index (χ0) is 9.97. The average molecular weight is 191 g/mol. The maximum atomic E-state index is 10.5. The number of carbonyl (C=O) groups is 1. The minimum absolute atomic E-state index is 0.111. The van der Waals surface area contributed by atoms with Gasteiger partial charge in [-0.2, -0.15) is 0 Å². The fraction of sp³-hybridized carbons (Fsp3) is 0.111. The van der Waals surface area contributed by atoms with Gasteiger partial charge in [0.2, 0.25) is 5.91 Å². The third-order valence-electron chi connectivity index (χ3n) is 1.80. The van der Waals surface area contributed by atoms with Crippen LogP contribution >= 0.6 is 0 Å². The number of carbonyl (C=O) groups excluding carboxylic acids is 1. The highest BCUT2D eigenvalue weighted by Gasteiger charge is 2.00. The number of aromatic nitrogens is 1. The number of amides is 1. The van der Waals surface area contributed by atoms with Crippen LogP contribution in [0.5, 0.6) is 0 Å². The highest BCUT2D eigenvalue weighted by atomic mass is 16.3. The van der Waals surface area contributed by atoms with E-state index in [1.165, 1.54) is 6.39 Å². The van der Waals surface area contributed by atoms with Gasteiger partial charge in [0, 0.05) is 11.8 Å². The topological polar surface area (TPSA) is 81.2 Å². The standard InChI is InChI=1S/C9H9N3O2/c10-9(13)4-11-6-1-2-7-8(3-6)14-5-12-7/h1-3,5,11H,4H2,(H2,10,13). The van der Waals surface area contributed by atoms with E-state index in [-0.39, 0.29) is 6.54 Å². The molecule has 5 heteroatoms. The summed E-state index contributed by atoms with van der Waals surface area (Å²) in [6, 6.07) is 5.39. The summed E-state index contributed by atoms with van der Waals surface area (Å²) in [7, 11) is 0. The Morgan fingerprint density at radius 2 is 2.43 bits per heavy atom. The highest BCUT2D eigenvalue weighted by molar-refractivity contribution is 5.81. The lowest BCUT2D eigenvalue weighted by Crippen LogP contribution is -2.21. The molecule has 0 saturated heterocycles. The maximum Gasteiger partial charge on any atom is 0.236 e. The van der Waals surface area contributed by atoms with Gasteiger partial charge in [-0.25, -0.2) is 4.98 Å². The Hall–Kier alpha value is -2.04. The Morgan fingerprint density at radius 3 is 3.21 bits per heavy atom. The summed E-state index contributed by atoms with van der Waals surface area (Å²) >= 11 is 0. The molecule has 0 aliphatic rings. The lowest BCUT2D eigenvalue weighted by atomic mass is 10.3. The fourth-order valence-corrected chi connectivity index (χ4v) is 1.15. The van der Waals surface area contributed by atoms with Crippen molar-refractivity contribution in [1.82, 2.24) is 4.98 Å². The molecule has 1 amide bonds. The van der Waals surface area contributed by atoms with E-state index in [0.717, 1.165) is 11.2 Å². The number of oxazole rings is 1. The van der Waals surface area contributed by atoms with Crippen molar-refractivity contribution in [3.63, 3.8) is 0 Å². The maximum absolute atomic E-state index is 10.5. The summed E-state index contributed by atoms with van der Waals surface area (Å²) in [4.78, 5) is 14.5. The monoisotopic (exact) mass is 191 g/mol. The quantitative estimate of drug-likeness (QED) is 0.749. The molecule has 72 valence electrons. The molecule has 14 heavy (non-hydrogen) atoms. The molecule has 2 rings (SSSR count). The molecule has 0 unspecified atom stereocenters. The predicted octanol–water partition coefficient (Wildman–Crippen LogP) is 0.725. The molecule has 1 aromatic heterocycles. The first-order chi connectivity index (χ1) is 6.75. The molecule has 0 aliphatic carbocycles. The van der Waals surface area contributed by atoms with Crippen LogP contribution in [-0.2, 0) is 4.79 Å². The summed E-state index contributed by atoms with van der Waals surface area (Å²) in [5.74, 6) is -0.400. The summed E-state index contributed by atoms with van der Waals surface area (Å²) in [6.45, 7) is 0.111. The molecule has 0 aliphatic heterocycles. The van der Waals surface area contributed by atoms with Crippen LogP contribution in [0.2, 0.25) is 0 Å². The van der Waals surface area contributed by atoms with Gasteiger partial charge in [0.05, 0.1) is 6.54 Å². The van der Waals surface area contributed by atoms with E-state index in [0.29, 0.717) is 5.58 Å². The number of nitrogens with two attached hydrogens (primary N) is 1. The largest absolute Gasteiger partial charge is 0.443 e. The summed E-state index contributed by atoms with van der Waals surface area (Å²) in [5, 5.41) is 2.86. The number of rotatable bonds is 3. The molecule has 0 bridgehead atoms. The molecule has 0 saturated carbocycles. The minimum Gasteiger partial charge on any atom is -0.443 e. The van der Waals surface area contributed by atoms with Gasteiger partial charge >= 0.3 is 0 Å². The van der Waals surface area contributed by atoms with Gasteiger partial charge in [0.1, 0.15) is 5.52 Å². The van der Waals surface area contributed by atoms with Crippen molar-refractivity contribution in [3.05, 3.63) is 24.6 Å². The van der Waals surface area contributed by atoms with E-state index >= 15 is 0 Å². The zero-order valence-electron chi connectivity index (χ0n) is 7.36. The normalized spacial score (nSPS) is 10.3. The van der Waals surface area contributed by atoms with E-state index < -0.39 is 5.91 Å². The molecular formula is C9H9N3O2. The van der Waals surface area contributed by atoms with Crippen molar-refractivity contribution in [3.8, 4) is 0 Å². The van der Waals surface area contributed by atoms with Crippen LogP contribution in [0.4, 0.5) is 5.69 Å². The number of hydrogen-bond donors (Lipinski definition) is 2. The lowest BCUT2D eigenvalue weighted by Gasteiger charge is -2.01. The van der Waals surface area contributed by atoms with Crippen LogP contribution in [0.3, 0.4) is 0 Å². The van der Waals surface area contributed by atoms with Crippen molar-refractivity contribution < 1.29 is 9.21 Å². The van der Waals surface area contributed by atoms with E-state index in [1.807, 2.05) is 12.1 Å². The molecule has 0 spiro atoms. The minimum atomic E-state index is -0.400. The van der Waals surface area contributed by atoms with Gasteiger partial charge in [-0.15, -0.1) is 0 Å². The highest BCUT2D eigenvalue weighted by Crippen LogP contribution is 2.17. The van der Waals surface area contributed by atoms with E-state index in [1.54, 1.807) is 6.07 Å². The SMILES string of the molecule is NC(=O)CNc1ccc2ncoc2c1. The Kier molecular flexibility index (Phi) is 2.06. The second-order valence-corrected chi connectivity index (χ2v) is 2.85. The average Bonchev–Trinajstić information content (AvgIpc) is 2.61. The Balaban J connectivity index is 2.21. The van der Waals surface area contributed by atoms with Crippen LogP contribution in [0.15, 0.2) is 29.0 Å². The number of anilines is 1. The zero-order valence-corrected chi connectivity index (χ0v) is 7.36. The fourth-order valence-electron chi connectivity index (χ4n) is 1.15.